The summed E-state index contributed by atoms with van der Waals surface area (Å²) >= 11 is 0. The number of nitrogens with zero attached hydrogens (tertiary/aromatic N) is 2. The molecule has 5 rings (SSSR count). The molecule has 0 aromatic heterocycles. The number of hydrogen-bond acceptors (Lipinski definition) is 6. The largest absolute Gasteiger partial charge is 0.496 e. The number of carbonyl (C=O) groups is 3. The fraction of sp³-hybridized carbons (Fsp3) is 0.160. The molecule has 0 bridgehead atoms. The van der Waals surface area contributed by atoms with Gasteiger partial charge in [-0.15, -0.1) is 0 Å². The Morgan fingerprint density at radius 3 is 2.21 bits per heavy atom. The SMILES string of the molecule is COc1ccccc1[C@H]1[C@H]2C(=O)N(c3ccc(C(=O)O)cc3)C(=O)[C@H]2ON1c1ccccc1. The van der Waals surface area contributed by atoms with Crippen molar-refractivity contribution in [2.45, 2.75) is 12.1 Å². The Morgan fingerprint density at radius 2 is 1.55 bits per heavy atom. The summed E-state index contributed by atoms with van der Waals surface area (Å²) in [5, 5.41) is 10.7. The van der Waals surface area contributed by atoms with E-state index in [9.17, 15) is 14.4 Å². The average molecular weight is 444 g/mol. The maximum Gasteiger partial charge on any atom is 0.335 e. The van der Waals surface area contributed by atoms with E-state index in [-0.39, 0.29) is 5.56 Å². The van der Waals surface area contributed by atoms with Gasteiger partial charge in [-0.3, -0.25) is 14.4 Å². The molecule has 8 nitrogen and oxygen atoms in total. The lowest BCUT2D eigenvalue weighted by atomic mass is 9.90. The highest BCUT2D eigenvalue weighted by atomic mass is 16.7. The first-order chi connectivity index (χ1) is 16.0. The van der Waals surface area contributed by atoms with E-state index in [0.29, 0.717) is 17.1 Å². The Labute approximate surface area is 189 Å². The molecule has 166 valence electrons. The molecule has 2 saturated heterocycles. The topological polar surface area (TPSA) is 96.4 Å². The van der Waals surface area contributed by atoms with Crippen LogP contribution in [0.2, 0.25) is 0 Å². The van der Waals surface area contributed by atoms with Crippen molar-refractivity contribution in [2.75, 3.05) is 17.1 Å². The van der Waals surface area contributed by atoms with E-state index in [1.807, 2.05) is 48.5 Å². The number of hydrogen-bond donors (Lipinski definition) is 1. The highest BCUT2D eigenvalue weighted by Gasteiger charge is 2.60. The summed E-state index contributed by atoms with van der Waals surface area (Å²) in [6.45, 7) is 0. The third-order valence-corrected chi connectivity index (χ3v) is 5.96. The maximum absolute atomic E-state index is 13.6. The number of anilines is 2. The molecule has 3 atom stereocenters. The van der Waals surface area contributed by atoms with Crippen LogP contribution in [0.15, 0.2) is 78.9 Å². The minimum absolute atomic E-state index is 0.0661. The standard InChI is InChI=1S/C25H20N2O6/c1-32-19-10-6-5-9-18(19)21-20-22(33-27(21)17-7-3-2-4-8-17)24(29)26(23(20)28)16-13-11-15(12-14-16)25(30)31/h2-14,20-22H,1H3,(H,30,31)/t20-,21+,22+/m1/s1. The minimum Gasteiger partial charge on any atom is -0.496 e. The number of ether oxygens (including phenoxy) is 1. The lowest BCUT2D eigenvalue weighted by Gasteiger charge is -2.29. The molecule has 1 N–H and O–H groups in total. The lowest BCUT2D eigenvalue weighted by molar-refractivity contribution is -0.126. The number of fused-ring (bicyclic) bond motifs is 1. The van der Waals surface area contributed by atoms with Crippen LogP contribution >= 0.6 is 0 Å². The Bertz CT molecular complexity index is 1230. The Kier molecular flexibility index (Phi) is 5.07. The van der Waals surface area contributed by atoms with Gasteiger partial charge in [-0.1, -0.05) is 36.4 Å². The number of carboxylic acids is 1. The number of rotatable bonds is 5. The van der Waals surface area contributed by atoms with E-state index in [1.54, 1.807) is 18.2 Å². The van der Waals surface area contributed by atoms with Gasteiger partial charge >= 0.3 is 5.97 Å². The first kappa shape index (κ1) is 20.7. The zero-order valence-corrected chi connectivity index (χ0v) is 17.6. The van der Waals surface area contributed by atoms with Crippen LogP contribution in [0.5, 0.6) is 5.75 Å². The van der Waals surface area contributed by atoms with Gasteiger partial charge in [-0.05, 0) is 42.5 Å². The van der Waals surface area contributed by atoms with Crippen LogP contribution < -0.4 is 14.7 Å². The van der Waals surface area contributed by atoms with Crippen LogP contribution in [0.1, 0.15) is 22.0 Å². The molecule has 8 heteroatoms. The van der Waals surface area contributed by atoms with Crippen LogP contribution in [0.25, 0.3) is 0 Å². The zero-order valence-electron chi connectivity index (χ0n) is 17.6. The van der Waals surface area contributed by atoms with Gasteiger partial charge in [0, 0.05) is 5.56 Å². The molecule has 2 aliphatic rings. The molecule has 2 aliphatic heterocycles. The summed E-state index contributed by atoms with van der Waals surface area (Å²) in [6, 6.07) is 21.6. The summed E-state index contributed by atoms with van der Waals surface area (Å²) in [7, 11) is 1.55. The average Bonchev–Trinajstić information content (AvgIpc) is 3.35. The van der Waals surface area contributed by atoms with Gasteiger partial charge in [-0.25, -0.2) is 14.8 Å². The van der Waals surface area contributed by atoms with Gasteiger partial charge in [0.15, 0.2) is 6.10 Å². The Hall–Kier alpha value is -4.17. The molecular weight excluding hydrogens is 424 g/mol. The highest BCUT2D eigenvalue weighted by Crippen LogP contribution is 2.49. The Balaban J connectivity index is 1.58. The molecule has 0 radical (unpaired) electrons. The number of carbonyl (C=O) groups excluding carboxylic acids is 2. The fourth-order valence-corrected chi connectivity index (χ4v) is 4.45. The number of para-hydroxylation sites is 2. The summed E-state index contributed by atoms with van der Waals surface area (Å²) in [5.74, 6) is -2.23. The van der Waals surface area contributed by atoms with Crippen LogP contribution in [0.4, 0.5) is 11.4 Å². The number of hydroxylamine groups is 1. The number of carboxylic acid groups (broad SMARTS) is 1. The zero-order chi connectivity index (χ0) is 23.1. The molecule has 3 aromatic rings. The van der Waals surface area contributed by atoms with Gasteiger partial charge in [0.25, 0.3) is 5.91 Å². The van der Waals surface area contributed by atoms with Gasteiger partial charge in [0.05, 0.1) is 30.1 Å². The van der Waals surface area contributed by atoms with Gasteiger partial charge in [-0.2, -0.15) is 0 Å². The lowest BCUT2D eigenvalue weighted by Crippen LogP contribution is -2.37. The maximum atomic E-state index is 13.6. The third kappa shape index (κ3) is 3.32. The van der Waals surface area contributed by atoms with Crippen molar-refractivity contribution >= 4 is 29.2 Å². The molecule has 0 aliphatic carbocycles. The van der Waals surface area contributed by atoms with E-state index in [4.69, 9.17) is 14.7 Å². The van der Waals surface area contributed by atoms with Crippen LogP contribution in [0, 0.1) is 5.92 Å². The molecular formula is C25H20N2O6. The van der Waals surface area contributed by atoms with Crippen molar-refractivity contribution in [3.63, 3.8) is 0 Å². The number of methoxy groups -OCH3 is 1. The second-order valence-electron chi connectivity index (χ2n) is 7.76. The smallest absolute Gasteiger partial charge is 0.335 e. The second-order valence-corrected chi connectivity index (χ2v) is 7.76. The van der Waals surface area contributed by atoms with Crippen molar-refractivity contribution in [1.29, 1.82) is 0 Å². The molecule has 33 heavy (non-hydrogen) atoms. The molecule has 0 unspecified atom stereocenters. The van der Waals surface area contributed by atoms with Crippen molar-refractivity contribution in [3.8, 4) is 5.75 Å². The fourth-order valence-electron chi connectivity index (χ4n) is 4.45. The van der Waals surface area contributed by atoms with Crippen LogP contribution in [-0.4, -0.2) is 36.1 Å². The predicted octanol–water partition coefficient (Wildman–Crippen LogP) is 3.44. The van der Waals surface area contributed by atoms with Crippen molar-refractivity contribution < 1.29 is 29.1 Å². The second kappa shape index (κ2) is 8.07. The monoisotopic (exact) mass is 444 g/mol. The van der Waals surface area contributed by atoms with E-state index in [0.717, 1.165) is 10.5 Å². The van der Waals surface area contributed by atoms with Crippen LogP contribution in [-0.2, 0) is 14.4 Å². The molecule has 2 heterocycles. The molecule has 3 aromatic carbocycles. The summed E-state index contributed by atoms with van der Waals surface area (Å²) in [5.41, 5.74) is 1.80. The summed E-state index contributed by atoms with van der Waals surface area (Å²) in [6.07, 6.45) is -1.02. The number of imide groups is 1. The number of benzene rings is 3. The molecule has 0 spiro atoms. The molecule has 2 fully saturated rings. The molecule has 2 amide bonds. The highest BCUT2D eigenvalue weighted by molar-refractivity contribution is 6.24. The van der Waals surface area contributed by atoms with Crippen LogP contribution in [0.3, 0.4) is 0 Å². The number of aromatic carboxylic acids is 1. The summed E-state index contributed by atoms with van der Waals surface area (Å²) < 4.78 is 5.55. The van der Waals surface area contributed by atoms with Crippen molar-refractivity contribution in [3.05, 3.63) is 90.0 Å². The summed E-state index contributed by atoms with van der Waals surface area (Å²) in [4.78, 5) is 45.3. The van der Waals surface area contributed by atoms with E-state index >= 15 is 0 Å². The van der Waals surface area contributed by atoms with Gasteiger partial charge in [0.1, 0.15) is 11.7 Å². The molecule has 0 saturated carbocycles. The first-order valence-corrected chi connectivity index (χ1v) is 10.4. The van der Waals surface area contributed by atoms with E-state index in [2.05, 4.69) is 0 Å². The first-order valence-electron chi connectivity index (χ1n) is 10.4. The van der Waals surface area contributed by atoms with Crippen molar-refractivity contribution in [1.82, 2.24) is 0 Å². The van der Waals surface area contributed by atoms with Gasteiger partial charge in [0.2, 0.25) is 5.91 Å². The van der Waals surface area contributed by atoms with E-state index < -0.39 is 35.8 Å². The Morgan fingerprint density at radius 1 is 0.879 bits per heavy atom. The third-order valence-electron chi connectivity index (χ3n) is 5.96. The normalized spacial score (nSPS) is 21.9. The van der Waals surface area contributed by atoms with E-state index in [1.165, 1.54) is 24.3 Å². The quantitative estimate of drug-likeness (QED) is 0.602. The van der Waals surface area contributed by atoms with Crippen molar-refractivity contribution in [2.24, 2.45) is 5.92 Å². The predicted molar refractivity (Wildman–Crippen MR) is 119 cm³/mol. The minimum atomic E-state index is -1.09. The number of amides is 2. The van der Waals surface area contributed by atoms with Gasteiger partial charge < -0.3 is 9.84 Å².